The third kappa shape index (κ3) is 13.9. The Morgan fingerprint density at radius 2 is 1.80 bits per heavy atom. The number of nitrogens with two attached hydrogens (primary N) is 1. The number of aliphatic imine (C=N–C) groups is 1. The van der Waals surface area contributed by atoms with Gasteiger partial charge in [0.1, 0.15) is 6.61 Å². The molecule has 3 N–H and O–H groups in total. The average molecular weight is 508 g/mol. The Bertz CT molecular complexity index is 813. The number of nitrogens with one attached hydrogen (secondary N) is 1. The van der Waals surface area contributed by atoms with Gasteiger partial charge in [-0.15, -0.1) is 0 Å². The highest BCUT2D eigenvalue weighted by molar-refractivity contribution is 8.00. The van der Waals surface area contributed by atoms with Crippen LogP contribution in [0.1, 0.15) is 44.5 Å². The van der Waals surface area contributed by atoms with Crippen LogP contribution < -0.4 is 15.5 Å². The lowest BCUT2D eigenvalue weighted by Gasteiger charge is -2.18. The molecule has 1 aromatic carbocycles. The maximum absolute atomic E-state index is 12.5. The average Bonchev–Trinajstić information content (AvgIpc) is 2.84. The fraction of sp³-hybridized carbons (Fsp3) is 0.600. The summed E-state index contributed by atoms with van der Waals surface area (Å²) in [6.07, 6.45) is 2.68. The molecule has 10 heteroatoms. The minimum atomic E-state index is -0.208. The third-order valence-electron chi connectivity index (χ3n) is 4.93. The van der Waals surface area contributed by atoms with E-state index in [1.165, 1.54) is 6.21 Å². The topological polar surface area (TPSA) is 119 Å². The Balaban J connectivity index is 2.28. The van der Waals surface area contributed by atoms with Crippen molar-refractivity contribution in [3.05, 3.63) is 29.8 Å². The van der Waals surface area contributed by atoms with Crippen LogP contribution in [0.15, 0.2) is 34.4 Å². The van der Waals surface area contributed by atoms with Gasteiger partial charge in [0.05, 0.1) is 38.6 Å². The van der Waals surface area contributed by atoms with E-state index in [4.69, 9.17) is 15.3 Å². The van der Waals surface area contributed by atoms with Crippen molar-refractivity contribution in [1.82, 2.24) is 5.32 Å². The van der Waals surface area contributed by atoms with Crippen LogP contribution in [0.25, 0.3) is 0 Å². The van der Waals surface area contributed by atoms with E-state index >= 15 is 0 Å². The van der Waals surface area contributed by atoms with E-state index in [2.05, 4.69) is 33.6 Å². The lowest BCUT2D eigenvalue weighted by Crippen LogP contribution is -2.30. The number of hydrazone groups is 1. The second-order valence-corrected chi connectivity index (χ2v) is 9.90. The van der Waals surface area contributed by atoms with Gasteiger partial charge in [0.2, 0.25) is 0 Å². The summed E-state index contributed by atoms with van der Waals surface area (Å²) in [5.74, 6) is 6.99. The molecule has 196 valence electrons. The van der Waals surface area contributed by atoms with Gasteiger partial charge in [0.25, 0.3) is 5.91 Å². The van der Waals surface area contributed by atoms with E-state index in [1.807, 2.05) is 33.0 Å². The molecule has 0 aliphatic rings. The van der Waals surface area contributed by atoms with E-state index in [0.717, 1.165) is 17.9 Å². The second kappa shape index (κ2) is 17.9. The maximum Gasteiger partial charge on any atom is 0.251 e. The number of ether oxygens (including phenoxy) is 2. The van der Waals surface area contributed by atoms with Crippen molar-refractivity contribution in [2.45, 2.75) is 34.1 Å². The second-order valence-electron chi connectivity index (χ2n) is 8.68. The van der Waals surface area contributed by atoms with Crippen molar-refractivity contribution in [3.8, 4) is 0 Å². The van der Waals surface area contributed by atoms with Crippen LogP contribution in [0.2, 0.25) is 0 Å². The molecule has 0 unspecified atom stereocenters. The van der Waals surface area contributed by atoms with Crippen LogP contribution in [-0.2, 0) is 14.3 Å². The number of hydrogen-bond donors (Lipinski definition) is 2. The molecule has 0 radical (unpaired) electrons. The monoisotopic (exact) mass is 507 g/mol. The lowest BCUT2D eigenvalue weighted by atomic mass is 10.1. The largest absolute Gasteiger partial charge is 0.377 e. The van der Waals surface area contributed by atoms with Crippen LogP contribution in [-0.4, -0.2) is 75.9 Å². The quantitative estimate of drug-likeness (QED) is 0.103. The summed E-state index contributed by atoms with van der Waals surface area (Å²) in [5.41, 5.74) is 2.06. The third-order valence-corrected chi connectivity index (χ3v) is 5.95. The molecule has 0 atom stereocenters. The van der Waals surface area contributed by atoms with E-state index in [-0.39, 0.29) is 30.8 Å². The van der Waals surface area contributed by atoms with Gasteiger partial charge in [-0.2, -0.15) is 5.10 Å². The maximum atomic E-state index is 12.5. The summed E-state index contributed by atoms with van der Waals surface area (Å²) >= 11 is 1.77. The summed E-state index contributed by atoms with van der Waals surface area (Å²) in [4.78, 5) is 28.1. The molecule has 0 spiro atoms. The zero-order valence-electron chi connectivity index (χ0n) is 21.7. The highest BCUT2D eigenvalue weighted by Gasteiger charge is 2.09. The number of nitrogens with zero attached hydrogens (tertiary/aromatic N) is 3. The number of Topliss-reactive ketones (excluding diaryl/α,β-unsaturated/α-hetero) is 1. The summed E-state index contributed by atoms with van der Waals surface area (Å²) in [7, 11) is 2.03. The normalized spacial score (nSPS) is 12.0. The molecule has 0 bridgehead atoms. The highest BCUT2D eigenvalue weighted by Crippen LogP contribution is 2.22. The molecule has 0 saturated carbocycles. The summed E-state index contributed by atoms with van der Waals surface area (Å²) < 4.78 is 12.8. The van der Waals surface area contributed by atoms with Crippen LogP contribution in [0.3, 0.4) is 0 Å². The first-order valence-corrected chi connectivity index (χ1v) is 12.9. The number of rotatable bonds is 18. The van der Waals surface area contributed by atoms with Crippen LogP contribution >= 0.6 is 11.9 Å². The Hall–Kier alpha value is -2.43. The minimum Gasteiger partial charge on any atom is -0.377 e. The Labute approximate surface area is 214 Å². The lowest BCUT2D eigenvalue weighted by molar-refractivity contribution is -0.127. The molecule has 1 amide bonds. The first-order valence-electron chi connectivity index (χ1n) is 11.9. The van der Waals surface area contributed by atoms with E-state index in [0.29, 0.717) is 43.6 Å². The van der Waals surface area contributed by atoms with Crippen LogP contribution in [0.5, 0.6) is 0 Å². The van der Waals surface area contributed by atoms with Crippen molar-refractivity contribution >= 4 is 41.3 Å². The zero-order valence-corrected chi connectivity index (χ0v) is 22.5. The van der Waals surface area contributed by atoms with Gasteiger partial charge >= 0.3 is 0 Å². The van der Waals surface area contributed by atoms with E-state index < -0.39 is 0 Å². The fourth-order valence-electron chi connectivity index (χ4n) is 2.57. The van der Waals surface area contributed by atoms with Crippen molar-refractivity contribution < 1.29 is 19.1 Å². The van der Waals surface area contributed by atoms with E-state index in [1.54, 1.807) is 24.1 Å². The SMILES string of the molecule is CC(C)CCSN(C)c1ccc(C(=O)NC/C(C=NCCOCCOCC(=O)C(C)C)=N/N)cc1. The number of ketones is 1. The molecular weight excluding hydrogens is 466 g/mol. The van der Waals surface area contributed by atoms with E-state index in [9.17, 15) is 9.59 Å². The molecule has 0 aromatic heterocycles. The Morgan fingerprint density at radius 1 is 1.11 bits per heavy atom. The number of amides is 1. The molecule has 0 heterocycles. The summed E-state index contributed by atoms with van der Waals surface area (Å²) in [5, 5.41) is 6.47. The van der Waals surface area contributed by atoms with Gasteiger partial charge < -0.3 is 24.9 Å². The predicted octanol–water partition coefficient (Wildman–Crippen LogP) is 3.19. The molecule has 9 nitrogen and oxygen atoms in total. The minimum absolute atomic E-state index is 0.0236. The van der Waals surface area contributed by atoms with Gasteiger partial charge in [-0.25, -0.2) is 0 Å². The van der Waals surface area contributed by atoms with Crippen LogP contribution in [0, 0.1) is 11.8 Å². The van der Waals surface area contributed by atoms with Gasteiger partial charge in [-0.3, -0.25) is 14.6 Å². The highest BCUT2D eigenvalue weighted by atomic mass is 32.2. The number of carbonyl (C=O) groups excluding carboxylic acids is 2. The molecule has 0 fully saturated rings. The summed E-state index contributed by atoms with van der Waals surface area (Å²) in [6.45, 7) is 9.97. The summed E-state index contributed by atoms with van der Waals surface area (Å²) in [6, 6.07) is 7.47. The predicted molar refractivity (Wildman–Crippen MR) is 146 cm³/mol. The first kappa shape index (κ1) is 30.6. The first-order chi connectivity index (χ1) is 16.7. The molecule has 1 rings (SSSR count). The van der Waals surface area contributed by atoms with Crippen molar-refractivity contribution in [1.29, 1.82) is 0 Å². The fourth-order valence-corrected chi connectivity index (χ4v) is 3.69. The molecule has 0 saturated heterocycles. The van der Waals surface area contributed by atoms with Crippen molar-refractivity contribution in [2.24, 2.45) is 27.8 Å². The Morgan fingerprint density at radius 3 is 2.43 bits per heavy atom. The molecule has 1 aromatic rings. The van der Waals surface area contributed by atoms with Crippen LogP contribution in [0.4, 0.5) is 5.69 Å². The van der Waals surface area contributed by atoms with Gasteiger partial charge in [-0.05, 0) is 36.6 Å². The van der Waals surface area contributed by atoms with Gasteiger partial charge in [0, 0.05) is 36.2 Å². The number of carbonyl (C=O) groups is 2. The molecule has 0 aliphatic carbocycles. The molecule has 35 heavy (non-hydrogen) atoms. The molecule has 0 aliphatic heterocycles. The number of benzene rings is 1. The zero-order chi connectivity index (χ0) is 26.1. The van der Waals surface area contributed by atoms with Gasteiger partial charge in [-0.1, -0.05) is 39.6 Å². The number of hydrogen-bond acceptors (Lipinski definition) is 9. The van der Waals surface area contributed by atoms with Crippen molar-refractivity contribution in [3.63, 3.8) is 0 Å². The standard InChI is InChI=1S/C25H41N5O4S/c1-19(2)10-15-35-30(5)23-8-6-21(7-9-23)25(32)28-17-22(29-26)16-27-11-12-33-13-14-34-18-24(31)20(3)4/h6-9,16,19-20H,10-15,17-18,26H2,1-5H3,(H,28,32)/b27-16?,29-22+. The number of anilines is 1. The smallest absolute Gasteiger partial charge is 0.251 e. The van der Waals surface area contributed by atoms with Crippen molar-refractivity contribution in [2.75, 3.05) is 56.6 Å². The Kier molecular flexibility index (Phi) is 15.7. The molecular formula is C25H41N5O4S. The van der Waals surface area contributed by atoms with Gasteiger partial charge in [0.15, 0.2) is 5.78 Å².